The van der Waals surface area contributed by atoms with E-state index in [9.17, 15) is 15.0 Å². The molecule has 0 aliphatic carbocycles. The third-order valence-corrected chi connectivity index (χ3v) is 4.53. The molecule has 0 aliphatic rings. The molecule has 3 N–H and O–H groups in total. The van der Waals surface area contributed by atoms with Crippen molar-refractivity contribution in [3.05, 3.63) is 65.2 Å². The van der Waals surface area contributed by atoms with Crippen LogP contribution in [0, 0.1) is 0 Å². The van der Waals surface area contributed by atoms with Crippen molar-refractivity contribution in [1.82, 2.24) is 0 Å². The molecular formula is C22H26O6. The van der Waals surface area contributed by atoms with Crippen LogP contribution in [0.2, 0.25) is 0 Å². The van der Waals surface area contributed by atoms with E-state index in [1.54, 1.807) is 12.1 Å². The summed E-state index contributed by atoms with van der Waals surface area (Å²) in [6, 6.07) is 12.9. The Morgan fingerprint density at radius 3 is 2.46 bits per heavy atom. The molecule has 2 atom stereocenters. The van der Waals surface area contributed by atoms with Crippen molar-refractivity contribution in [2.45, 2.75) is 38.6 Å². The topological polar surface area (TPSA) is 96.2 Å². The fourth-order valence-corrected chi connectivity index (χ4v) is 2.68. The summed E-state index contributed by atoms with van der Waals surface area (Å²) in [6.45, 7) is 3.29. The molecule has 0 aromatic heterocycles. The largest absolute Gasteiger partial charge is 0.496 e. The molecule has 28 heavy (non-hydrogen) atoms. The van der Waals surface area contributed by atoms with Crippen LogP contribution in [0.1, 0.15) is 30.5 Å². The lowest BCUT2D eigenvalue weighted by Crippen LogP contribution is -2.39. The number of rotatable bonds is 9. The second-order valence-corrected chi connectivity index (χ2v) is 6.82. The summed E-state index contributed by atoms with van der Waals surface area (Å²) in [4.78, 5) is 11.0. The minimum Gasteiger partial charge on any atom is -0.496 e. The molecule has 0 amide bonds. The average Bonchev–Trinajstić information content (AvgIpc) is 2.65. The van der Waals surface area contributed by atoms with E-state index in [1.165, 1.54) is 27.0 Å². The van der Waals surface area contributed by atoms with Gasteiger partial charge in [-0.1, -0.05) is 30.3 Å². The first-order valence-corrected chi connectivity index (χ1v) is 8.92. The number of benzene rings is 2. The highest BCUT2D eigenvalue weighted by Gasteiger charge is 2.31. The molecule has 2 rings (SSSR count). The Labute approximate surface area is 164 Å². The van der Waals surface area contributed by atoms with Crippen LogP contribution in [0.3, 0.4) is 0 Å². The number of aliphatic carboxylic acids is 1. The van der Waals surface area contributed by atoms with Crippen LogP contribution in [-0.2, 0) is 17.8 Å². The van der Waals surface area contributed by atoms with Gasteiger partial charge < -0.3 is 24.8 Å². The quantitative estimate of drug-likeness (QED) is 0.573. The van der Waals surface area contributed by atoms with Gasteiger partial charge in [-0.15, -0.1) is 0 Å². The molecule has 2 aromatic carbocycles. The Morgan fingerprint density at radius 2 is 1.89 bits per heavy atom. The van der Waals surface area contributed by atoms with Crippen molar-refractivity contribution in [2.24, 2.45) is 0 Å². The van der Waals surface area contributed by atoms with E-state index in [4.69, 9.17) is 14.6 Å². The van der Waals surface area contributed by atoms with Crippen molar-refractivity contribution < 1.29 is 29.6 Å². The smallest absolute Gasteiger partial charge is 0.328 e. The van der Waals surface area contributed by atoms with Crippen LogP contribution >= 0.6 is 0 Å². The number of methoxy groups -OCH3 is 1. The summed E-state index contributed by atoms with van der Waals surface area (Å²) in [5.41, 5.74) is 0.604. The standard InChI is InChI=1S/C22H26O6/c1-15(23)22(2,26)13-18-19(27-3)11-9-17(10-12-20(24)25)21(18)28-14-16-7-5-4-6-8-16/h4-12,15,23,26H,13-14H2,1-3H3,(H,24,25). The number of carboxylic acids is 1. The summed E-state index contributed by atoms with van der Waals surface area (Å²) in [7, 11) is 1.50. The lowest BCUT2D eigenvalue weighted by Gasteiger charge is -2.28. The van der Waals surface area contributed by atoms with Crippen LogP contribution in [0.25, 0.3) is 6.08 Å². The molecule has 0 saturated heterocycles. The van der Waals surface area contributed by atoms with Crippen molar-refractivity contribution in [1.29, 1.82) is 0 Å². The third-order valence-electron chi connectivity index (χ3n) is 4.53. The first-order valence-electron chi connectivity index (χ1n) is 8.92. The Morgan fingerprint density at radius 1 is 1.21 bits per heavy atom. The van der Waals surface area contributed by atoms with E-state index in [1.807, 2.05) is 30.3 Å². The van der Waals surface area contributed by atoms with Gasteiger partial charge in [-0.2, -0.15) is 0 Å². The normalized spacial score (nSPS) is 14.5. The number of aliphatic hydroxyl groups is 2. The van der Waals surface area contributed by atoms with Crippen LogP contribution in [0.5, 0.6) is 11.5 Å². The van der Waals surface area contributed by atoms with Gasteiger partial charge >= 0.3 is 5.97 Å². The zero-order valence-electron chi connectivity index (χ0n) is 16.3. The zero-order chi connectivity index (χ0) is 20.7. The van der Waals surface area contributed by atoms with Crippen LogP contribution in [-0.4, -0.2) is 40.1 Å². The van der Waals surface area contributed by atoms with Gasteiger partial charge in [0.05, 0.1) is 18.8 Å². The molecule has 0 fully saturated rings. The molecule has 0 aliphatic heterocycles. The Hall–Kier alpha value is -2.83. The van der Waals surface area contributed by atoms with Gasteiger partial charge in [0.25, 0.3) is 0 Å². The summed E-state index contributed by atoms with van der Waals surface area (Å²) in [5.74, 6) is -0.194. The van der Waals surface area contributed by atoms with Gasteiger partial charge in [-0.05, 0) is 37.6 Å². The maximum absolute atomic E-state index is 11.0. The molecule has 6 nitrogen and oxygen atoms in total. The van der Waals surface area contributed by atoms with E-state index in [0.29, 0.717) is 22.6 Å². The van der Waals surface area contributed by atoms with Crippen molar-refractivity contribution >= 4 is 12.0 Å². The van der Waals surface area contributed by atoms with E-state index < -0.39 is 17.7 Å². The fourth-order valence-electron chi connectivity index (χ4n) is 2.68. The number of hydrogen-bond donors (Lipinski definition) is 3. The SMILES string of the molecule is COc1ccc(C=CC(=O)O)c(OCc2ccccc2)c1CC(C)(O)C(C)O. The van der Waals surface area contributed by atoms with E-state index in [-0.39, 0.29) is 13.0 Å². The molecule has 0 saturated carbocycles. The third kappa shape index (κ3) is 5.58. The number of aliphatic hydroxyl groups excluding tert-OH is 1. The lowest BCUT2D eigenvalue weighted by atomic mass is 9.89. The highest BCUT2D eigenvalue weighted by Crippen LogP contribution is 2.37. The van der Waals surface area contributed by atoms with Gasteiger partial charge in [0, 0.05) is 23.6 Å². The van der Waals surface area contributed by atoms with E-state index in [2.05, 4.69) is 0 Å². The van der Waals surface area contributed by atoms with Crippen LogP contribution < -0.4 is 9.47 Å². The number of hydrogen-bond acceptors (Lipinski definition) is 5. The molecule has 0 bridgehead atoms. The molecule has 0 heterocycles. The summed E-state index contributed by atoms with van der Waals surface area (Å²) < 4.78 is 11.5. The van der Waals surface area contributed by atoms with Gasteiger partial charge in [0.1, 0.15) is 18.1 Å². The van der Waals surface area contributed by atoms with Gasteiger partial charge in [-0.3, -0.25) is 0 Å². The maximum atomic E-state index is 11.0. The number of carbonyl (C=O) groups is 1. The van der Waals surface area contributed by atoms with Crippen LogP contribution in [0.4, 0.5) is 0 Å². The molecule has 6 heteroatoms. The molecule has 2 aromatic rings. The second kappa shape index (κ2) is 9.39. The number of ether oxygens (including phenoxy) is 2. The Balaban J connectivity index is 2.51. The summed E-state index contributed by atoms with van der Waals surface area (Å²) in [5, 5.41) is 29.5. The summed E-state index contributed by atoms with van der Waals surface area (Å²) >= 11 is 0. The van der Waals surface area contributed by atoms with Crippen molar-refractivity contribution in [3.8, 4) is 11.5 Å². The average molecular weight is 386 g/mol. The molecule has 2 unspecified atom stereocenters. The molecular weight excluding hydrogens is 360 g/mol. The van der Waals surface area contributed by atoms with Crippen molar-refractivity contribution in [2.75, 3.05) is 7.11 Å². The highest BCUT2D eigenvalue weighted by atomic mass is 16.5. The highest BCUT2D eigenvalue weighted by molar-refractivity contribution is 5.86. The Bertz CT molecular complexity index is 824. The lowest BCUT2D eigenvalue weighted by molar-refractivity contribution is -0.131. The minimum absolute atomic E-state index is 0.0622. The number of carboxylic acid groups (broad SMARTS) is 1. The predicted octanol–water partition coefficient (Wildman–Crippen LogP) is 3.05. The monoisotopic (exact) mass is 386 g/mol. The van der Waals surface area contributed by atoms with Gasteiger partial charge in [0.2, 0.25) is 0 Å². The first kappa shape index (κ1) is 21.5. The van der Waals surface area contributed by atoms with Crippen molar-refractivity contribution in [3.63, 3.8) is 0 Å². The van der Waals surface area contributed by atoms with E-state index >= 15 is 0 Å². The molecule has 0 spiro atoms. The second-order valence-electron chi connectivity index (χ2n) is 6.82. The Kier molecular flexibility index (Phi) is 7.20. The first-order chi connectivity index (χ1) is 13.2. The summed E-state index contributed by atoms with van der Waals surface area (Å²) in [6.07, 6.45) is 1.53. The predicted molar refractivity (Wildman–Crippen MR) is 106 cm³/mol. The zero-order valence-corrected chi connectivity index (χ0v) is 16.3. The molecule has 150 valence electrons. The van der Waals surface area contributed by atoms with E-state index in [0.717, 1.165) is 11.6 Å². The van der Waals surface area contributed by atoms with Crippen LogP contribution in [0.15, 0.2) is 48.5 Å². The molecule has 0 radical (unpaired) electrons. The van der Waals surface area contributed by atoms with Gasteiger partial charge in [0.15, 0.2) is 0 Å². The minimum atomic E-state index is -1.42. The van der Waals surface area contributed by atoms with Gasteiger partial charge in [-0.25, -0.2) is 4.79 Å². The fraction of sp³-hybridized carbons (Fsp3) is 0.318. The maximum Gasteiger partial charge on any atom is 0.328 e.